The maximum Gasteiger partial charge on any atom is 0.0541 e. The molecular weight excluding hydrogens is 749 g/mol. The first-order valence-electron chi connectivity index (χ1n) is 21.3. The maximum atomic E-state index is 2.39. The van der Waals surface area contributed by atoms with E-state index in [1.807, 2.05) is 0 Å². The summed E-state index contributed by atoms with van der Waals surface area (Å²) in [5.41, 5.74) is 18.8. The van der Waals surface area contributed by atoms with Crippen LogP contribution in [0.4, 0.5) is 17.1 Å². The monoisotopic (exact) mass is 790 g/mol. The van der Waals surface area contributed by atoms with Crippen molar-refractivity contribution in [3.63, 3.8) is 0 Å². The fraction of sp³-hybridized carbons (Fsp3) is 0. The highest BCUT2D eigenvalue weighted by molar-refractivity contribution is 6.09. The molecule has 0 spiro atoms. The van der Waals surface area contributed by atoms with Crippen LogP contribution in [0.25, 0.3) is 83.1 Å². The second kappa shape index (κ2) is 16.1. The third kappa shape index (κ3) is 6.74. The van der Waals surface area contributed by atoms with E-state index in [-0.39, 0.29) is 0 Å². The quantitative estimate of drug-likeness (QED) is 0.141. The lowest BCUT2D eigenvalue weighted by atomic mass is 9.87. The molecule has 2 nitrogen and oxygen atoms in total. The molecule has 11 aromatic rings. The summed E-state index contributed by atoms with van der Waals surface area (Å²) in [4.78, 5) is 2.37. The number of fused-ring (bicyclic) bond motifs is 3. The summed E-state index contributed by atoms with van der Waals surface area (Å²) in [7, 11) is 0. The van der Waals surface area contributed by atoms with Crippen LogP contribution in [0.2, 0.25) is 0 Å². The van der Waals surface area contributed by atoms with Crippen molar-refractivity contribution in [1.82, 2.24) is 4.57 Å². The van der Waals surface area contributed by atoms with Gasteiger partial charge in [0.25, 0.3) is 0 Å². The number of anilines is 3. The highest BCUT2D eigenvalue weighted by atomic mass is 15.1. The zero-order valence-electron chi connectivity index (χ0n) is 34.1. The maximum absolute atomic E-state index is 2.39. The van der Waals surface area contributed by atoms with Crippen molar-refractivity contribution in [3.05, 3.63) is 255 Å². The number of aromatic nitrogens is 1. The number of benzene rings is 10. The van der Waals surface area contributed by atoms with Crippen LogP contribution in [0.15, 0.2) is 255 Å². The summed E-state index contributed by atoms with van der Waals surface area (Å²) in [6.07, 6.45) is 0. The van der Waals surface area contributed by atoms with Gasteiger partial charge in [0, 0.05) is 33.5 Å². The van der Waals surface area contributed by atoms with Crippen molar-refractivity contribution >= 4 is 38.9 Å². The number of hydrogen-bond donors (Lipinski definition) is 0. The minimum Gasteiger partial charge on any atom is -0.310 e. The Balaban J connectivity index is 1.02. The Morgan fingerprint density at radius 2 is 0.613 bits per heavy atom. The Morgan fingerprint density at radius 3 is 1.13 bits per heavy atom. The predicted molar refractivity (Wildman–Crippen MR) is 263 cm³/mol. The van der Waals surface area contributed by atoms with Crippen molar-refractivity contribution < 1.29 is 0 Å². The molecule has 0 radical (unpaired) electrons. The zero-order valence-corrected chi connectivity index (χ0v) is 34.1. The molecule has 0 bridgehead atoms. The molecule has 11 rings (SSSR count). The molecule has 0 fully saturated rings. The molecular formula is C60H42N2. The second-order valence-electron chi connectivity index (χ2n) is 15.7. The molecule has 10 aromatic carbocycles. The van der Waals surface area contributed by atoms with Gasteiger partial charge >= 0.3 is 0 Å². The largest absolute Gasteiger partial charge is 0.310 e. The Labute approximate surface area is 362 Å². The van der Waals surface area contributed by atoms with Gasteiger partial charge in [0.05, 0.1) is 11.0 Å². The average Bonchev–Trinajstić information content (AvgIpc) is 3.70. The van der Waals surface area contributed by atoms with E-state index in [4.69, 9.17) is 0 Å². The van der Waals surface area contributed by atoms with Crippen molar-refractivity contribution in [3.8, 4) is 61.3 Å². The third-order valence-electron chi connectivity index (χ3n) is 12.0. The highest BCUT2D eigenvalue weighted by Gasteiger charge is 2.19. The van der Waals surface area contributed by atoms with Crippen LogP contribution in [0.1, 0.15) is 0 Å². The summed E-state index contributed by atoms with van der Waals surface area (Å²) in [5, 5.41) is 2.50. The topological polar surface area (TPSA) is 8.17 Å². The summed E-state index contributed by atoms with van der Waals surface area (Å²) < 4.78 is 2.39. The molecule has 0 saturated heterocycles. The fourth-order valence-electron chi connectivity index (χ4n) is 9.15. The van der Waals surface area contributed by atoms with Gasteiger partial charge in [-0.2, -0.15) is 0 Å². The van der Waals surface area contributed by atoms with Gasteiger partial charge in [-0.1, -0.05) is 200 Å². The SMILES string of the molecule is c1ccc(-c2ccc(N(c3ccc(-c4ccccc4-c4ccccc4-c4ccccc4-c4ccccc4)cc3)c3cccc(-n4c5ccccc5c5ccccc54)c3)cc2)cc1. The van der Waals surface area contributed by atoms with E-state index in [0.717, 1.165) is 28.3 Å². The number of para-hydroxylation sites is 2. The summed E-state index contributed by atoms with van der Waals surface area (Å²) in [5.74, 6) is 0. The van der Waals surface area contributed by atoms with Gasteiger partial charge in [-0.05, 0) is 110 Å². The van der Waals surface area contributed by atoms with Crippen LogP contribution in [0.5, 0.6) is 0 Å². The fourth-order valence-corrected chi connectivity index (χ4v) is 9.15. The summed E-state index contributed by atoms with van der Waals surface area (Å²) in [6, 6.07) is 92.0. The minimum absolute atomic E-state index is 1.08. The number of hydrogen-bond acceptors (Lipinski definition) is 1. The Hall–Kier alpha value is -8.20. The molecule has 1 aromatic heterocycles. The van der Waals surface area contributed by atoms with Gasteiger partial charge in [0.1, 0.15) is 0 Å². The summed E-state index contributed by atoms with van der Waals surface area (Å²) >= 11 is 0. The molecule has 2 heteroatoms. The molecule has 0 saturated carbocycles. The molecule has 1 heterocycles. The molecule has 62 heavy (non-hydrogen) atoms. The van der Waals surface area contributed by atoms with E-state index >= 15 is 0 Å². The van der Waals surface area contributed by atoms with Gasteiger partial charge in [-0.15, -0.1) is 0 Å². The Morgan fingerprint density at radius 1 is 0.242 bits per heavy atom. The van der Waals surface area contributed by atoms with Gasteiger partial charge in [-0.3, -0.25) is 0 Å². The van der Waals surface area contributed by atoms with E-state index in [9.17, 15) is 0 Å². The minimum atomic E-state index is 1.08. The van der Waals surface area contributed by atoms with Crippen LogP contribution >= 0.6 is 0 Å². The molecule has 292 valence electrons. The van der Waals surface area contributed by atoms with Crippen molar-refractivity contribution in [2.24, 2.45) is 0 Å². The smallest absolute Gasteiger partial charge is 0.0541 e. The molecule has 0 aliphatic carbocycles. The average molecular weight is 791 g/mol. The Bertz CT molecular complexity index is 3270. The van der Waals surface area contributed by atoms with Crippen LogP contribution in [-0.4, -0.2) is 4.57 Å². The van der Waals surface area contributed by atoms with Crippen LogP contribution < -0.4 is 4.90 Å². The lowest BCUT2D eigenvalue weighted by molar-refractivity contribution is 1.17. The number of nitrogens with zero attached hydrogens (tertiary/aromatic N) is 2. The van der Waals surface area contributed by atoms with Gasteiger partial charge in [0.15, 0.2) is 0 Å². The summed E-state index contributed by atoms with van der Waals surface area (Å²) in [6.45, 7) is 0. The van der Waals surface area contributed by atoms with Crippen LogP contribution in [0, 0.1) is 0 Å². The normalized spacial score (nSPS) is 11.2. The van der Waals surface area contributed by atoms with Crippen LogP contribution in [-0.2, 0) is 0 Å². The highest BCUT2D eigenvalue weighted by Crippen LogP contribution is 2.43. The molecule has 0 amide bonds. The van der Waals surface area contributed by atoms with Gasteiger partial charge in [-0.25, -0.2) is 0 Å². The zero-order chi connectivity index (χ0) is 41.2. The molecule has 0 aliphatic heterocycles. The lowest BCUT2D eigenvalue weighted by Gasteiger charge is -2.27. The first-order chi connectivity index (χ1) is 30.8. The predicted octanol–water partition coefficient (Wildman–Crippen LogP) is 16.6. The Kier molecular flexibility index (Phi) is 9.57. The lowest BCUT2D eigenvalue weighted by Crippen LogP contribution is -2.10. The van der Waals surface area contributed by atoms with Gasteiger partial charge in [0.2, 0.25) is 0 Å². The molecule has 0 atom stereocenters. The third-order valence-corrected chi connectivity index (χ3v) is 12.0. The van der Waals surface area contributed by atoms with Gasteiger partial charge < -0.3 is 9.47 Å². The molecule has 0 N–H and O–H groups in total. The van der Waals surface area contributed by atoms with Crippen molar-refractivity contribution in [2.45, 2.75) is 0 Å². The first kappa shape index (κ1) is 36.8. The number of rotatable bonds is 9. The molecule has 0 unspecified atom stereocenters. The van der Waals surface area contributed by atoms with E-state index < -0.39 is 0 Å². The van der Waals surface area contributed by atoms with Crippen molar-refractivity contribution in [2.75, 3.05) is 4.90 Å². The van der Waals surface area contributed by atoms with E-state index in [1.165, 1.54) is 71.9 Å². The van der Waals surface area contributed by atoms with E-state index in [2.05, 4.69) is 264 Å². The van der Waals surface area contributed by atoms with Crippen molar-refractivity contribution in [1.29, 1.82) is 0 Å². The van der Waals surface area contributed by atoms with E-state index in [0.29, 0.717) is 0 Å². The van der Waals surface area contributed by atoms with E-state index in [1.54, 1.807) is 0 Å². The van der Waals surface area contributed by atoms with Crippen LogP contribution in [0.3, 0.4) is 0 Å². The second-order valence-corrected chi connectivity index (χ2v) is 15.7. The first-order valence-corrected chi connectivity index (χ1v) is 21.3. The molecule has 0 aliphatic rings. The standard InChI is InChI=1S/C60H42N2/c1-3-18-43(19-4-1)44-34-38-47(39-35-44)61(49-22-17-23-50(42-49)62-59-32-15-13-30-57(59)58-31-14-16-33-60(58)62)48-40-36-46(37-41-48)52-25-8-10-27-54(52)56-29-12-11-28-55(56)53-26-9-7-24-51(53)45-20-5-2-6-21-45/h1-42H.